The zero-order chi connectivity index (χ0) is 21.1. The number of benzene rings is 2. The number of carbonyl (C=O) groups excluding carboxylic acids is 3. The summed E-state index contributed by atoms with van der Waals surface area (Å²) in [6.07, 6.45) is 0. The second kappa shape index (κ2) is 8.26. The lowest BCUT2D eigenvalue weighted by molar-refractivity contribution is -0.123. The fraction of sp³-hybridized carbons (Fsp3) is 0.250. The van der Waals surface area contributed by atoms with E-state index in [0.29, 0.717) is 17.1 Å². The average Bonchev–Trinajstić information content (AvgIpc) is 2.62. The van der Waals surface area contributed by atoms with Crippen LogP contribution in [-0.4, -0.2) is 42.8 Å². The monoisotopic (exact) mass is 403 g/mol. The Hall–Kier alpha value is -3.49. The summed E-state index contributed by atoms with van der Waals surface area (Å²) < 4.78 is 31.5. The smallest absolute Gasteiger partial charge is 0.254 e. The Morgan fingerprint density at radius 2 is 1.76 bits per heavy atom. The van der Waals surface area contributed by atoms with Crippen LogP contribution in [0.4, 0.5) is 20.2 Å². The standard InChI is InChI=1S/C20H19F2N3O4/c1-11(26)23-14-4-6-18(29-2)17(8-14)24-19(27)13-9-25(10-13)20(28)12-3-5-15(21)16(22)7-12/h3-8,13H,9-10H2,1-2H3,(H,23,26)(H,24,27). The molecule has 2 N–H and O–H groups in total. The highest BCUT2D eigenvalue weighted by Gasteiger charge is 2.36. The second-order valence-electron chi connectivity index (χ2n) is 6.62. The number of rotatable bonds is 5. The maximum absolute atomic E-state index is 13.3. The molecule has 2 aromatic carbocycles. The van der Waals surface area contributed by atoms with Crippen LogP contribution < -0.4 is 15.4 Å². The Bertz CT molecular complexity index is 974. The van der Waals surface area contributed by atoms with Gasteiger partial charge in [0.15, 0.2) is 11.6 Å². The molecule has 1 heterocycles. The first-order chi connectivity index (χ1) is 13.8. The van der Waals surface area contributed by atoms with Crippen molar-refractivity contribution in [1.29, 1.82) is 0 Å². The summed E-state index contributed by atoms with van der Waals surface area (Å²) in [7, 11) is 1.45. The molecule has 0 aliphatic carbocycles. The summed E-state index contributed by atoms with van der Waals surface area (Å²) in [6.45, 7) is 1.67. The fourth-order valence-corrected chi connectivity index (χ4v) is 2.94. The van der Waals surface area contributed by atoms with Crippen molar-refractivity contribution in [3.63, 3.8) is 0 Å². The van der Waals surface area contributed by atoms with Crippen LogP contribution in [0.15, 0.2) is 36.4 Å². The molecule has 0 radical (unpaired) electrons. The predicted molar refractivity (Wildman–Crippen MR) is 102 cm³/mol. The molecule has 0 spiro atoms. The van der Waals surface area contributed by atoms with E-state index in [1.165, 1.54) is 25.0 Å². The molecule has 3 rings (SSSR count). The first kappa shape index (κ1) is 20.2. The summed E-state index contributed by atoms with van der Waals surface area (Å²) in [4.78, 5) is 37.4. The van der Waals surface area contributed by atoms with Crippen LogP contribution in [0.3, 0.4) is 0 Å². The highest BCUT2D eigenvalue weighted by Crippen LogP contribution is 2.29. The largest absolute Gasteiger partial charge is 0.495 e. The van der Waals surface area contributed by atoms with Gasteiger partial charge in [0, 0.05) is 31.3 Å². The molecule has 7 nitrogen and oxygen atoms in total. The number of anilines is 2. The van der Waals surface area contributed by atoms with Gasteiger partial charge in [-0.25, -0.2) is 8.78 Å². The van der Waals surface area contributed by atoms with E-state index in [2.05, 4.69) is 10.6 Å². The van der Waals surface area contributed by atoms with Gasteiger partial charge >= 0.3 is 0 Å². The number of ether oxygens (including phenoxy) is 1. The minimum absolute atomic E-state index is 0.0208. The molecular formula is C20H19F2N3O4. The molecule has 0 unspecified atom stereocenters. The number of carbonyl (C=O) groups is 3. The van der Waals surface area contributed by atoms with Gasteiger partial charge in [-0.3, -0.25) is 14.4 Å². The van der Waals surface area contributed by atoms with Gasteiger partial charge in [-0.2, -0.15) is 0 Å². The Morgan fingerprint density at radius 3 is 2.38 bits per heavy atom. The first-order valence-corrected chi connectivity index (χ1v) is 8.79. The van der Waals surface area contributed by atoms with Crippen LogP contribution in [0.5, 0.6) is 5.75 Å². The molecule has 0 saturated carbocycles. The number of nitrogens with one attached hydrogen (secondary N) is 2. The first-order valence-electron chi connectivity index (χ1n) is 8.79. The van der Waals surface area contributed by atoms with Crippen LogP contribution in [0, 0.1) is 17.6 Å². The maximum Gasteiger partial charge on any atom is 0.254 e. The highest BCUT2D eigenvalue weighted by molar-refractivity contribution is 5.99. The van der Waals surface area contributed by atoms with Crippen molar-refractivity contribution in [3.8, 4) is 5.75 Å². The van der Waals surface area contributed by atoms with Gasteiger partial charge in [-0.05, 0) is 36.4 Å². The van der Waals surface area contributed by atoms with Crippen molar-refractivity contribution < 1.29 is 27.9 Å². The van der Waals surface area contributed by atoms with Gasteiger partial charge in [0.25, 0.3) is 5.91 Å². The highest BCUT2D eigenvalue weighted by atomic mass is 19.2. The van der Waals surface area contributed by atoms with Crippen molar-refractivity contribution in [3.05, 3.63) is 53.6 Å². The van der Waals surface area contributed by atoms with Crippen molar-refractivity contribution >= 4 is 29.1 Å². The minimum Gasteiger partial charge on any atom is -0.495 e. The summed E-state index contributed by atoms with van der Waals surface area (Å²) >= 11 is 0. The SMILES string of the molecule is COc1ccc(NC(C)=O)cc1NC(=O)C1CN(C(=O)c2ccc(F)c(F)c2)C1. The quantitative estimate of drug-likeness (QED) is 0.804. The zero-order valence-corrected chi connectivity index (χ0v) is 15.8. The molecule has 152 valence electrons. The Kier molecular flexibility index (Phi) is 5.76. The van der Waals surface area contributed by atoms with Gasteiger partial charge < -0.3 is 20.3 Å². The molecule has 29 heavy (non-hydrogen) atoms. The normalized spacial score (nSPS) is 13.4. The van der Waals surface area contributed by atoms with Gasteiger partial charge in [0.1, 0.15) is 5.75 Å². The molecule has 0 bridgehead atoms. The van der Waals surface area contributed by atoms with Gasteiger partial charge in [-0.1, -0.05) is 0 Å². The second-order valence-corrected chi connectivity index (χ2v) is 6.62. The molecule has 0 atom stereocenters. The fourth-order valence-electron chi connectivity index (χ4n) is 2.94. The van der Waals surface area contributed by atoms with E-state index < -0.39 is 23.5 Å². The topological polar surface area (TPSA) is 87.7 Å². The van der Waals surface area contributed by atoms with E-state index in [1.807, 2.05) is 0 Å². The van der Waals surface area contributed by atoms with Crippen LogP contribution >= 0.6 is 0 Å². The Morgan fingerprint density at radius 1 is 1.03 bits per heavy atom. The van der Waals surface area contributed by atoms with E-state index in [1.54, 1.807) is 18.2 Å². The molecule has 3 amide bonds. The molecule has 1 aliphatic rings. The molecule has 2 aromatic rings. The van der Waals surface area contributed by atoms with Crippen molar-refractivity contribution in [2.45, 2.75) is 6.92 Å². The lowest BCUT2D eigenvalue weighted by Gasteiger charge is -2.38. The van der Waals surface area contributed by atoms with Crippen LogP contribution in [-0.2, 0) is 9.59 Å². The Labute approximate surface area is 165 Å². The van der Waals surface area contributed by atoms with E-state index >= 15 is 0 Å². The average molecular weight is 403 g/mol. The Balaban J connectivity index is 1.62. The van der Waals surface area contributed by atoms with E-state index in [4.69, 9.17) is 4.74 Å². The summed E-state index contributed by atoms with van der Waals surface area (Å²) in [5, 5.41) is 5.35. The molecule has 1 aliphatic heterocycles. The van der Waals surface area contributed by atoms with Crippen molar-refractivity contribution in [1.82, 2.24) is 4.90 Å². The summed E-state index contributed by atoms with van der Waals surface area (Å²) in [5.74, 6) is -3.22. The lowest BCUT2D eigenvalue weighted by atomic mass is 9.97. The third kappa shape index (κ3) is 4.50. The minimum atomic E-state index is -1.10. The lowest BCUT2D eigenvalue weighted by Crippen LogP contribution is -2.54. The van der Waals surface area contributed by atoms with Crippen LogP contribution in [0.2, 0.25) is 0 Å². The number of likely N-dealkylation sites (tertiary alicyclic amines) is 1. The molecular weight excluding hydrogens is 384 g/mol. The van der Waals surface area contributed by atoms with Gasteiger partial charge in [0.05, 0.1) is 18.7 Å². The molecule has 1 fully saturated rings. The number of halogens is 2. The number of methoxy groups -OCH3 is 1. The summed E-state index contributed by atoms with van der Waals surface area (Å²) in [5.41, 5.74) is 0.902. The van der Waals surface area contributed by atoms with E-state index in [9.17, 15) is 23.2 Å². The van der Waals surface area contributed by atoms with Crippen LogP contribution in [0.1, 0.15) is 17.3 Å². The van der Waals surface area contributed by atoms with Gasteiger partial charge in [0.2, 0.25) is 11.8 Å². The molecule has 9 heteroatoms. The maximum atomic E-state index is 13.3. The number of nitrogens with zero attached hydrogens (tertiary/aromatic N) is 1. The molecule has 0 aromatic heterocycles. The predicted octanol–water partition coefficient (Wildman–Crippen LogP) is 2.64. The third-order valence-electron chi connectivity index (χ3n) is 4.48. The number of hydrogen-bond acceptors (Lipinski definition) is 4. The van der Waals surface area contributed by atoms with Crippen molar-refractivity contribution in [2.75, 3.05) is 30.8 Å². The van der Waals surface area contributed by atoms with Crippen molar-refractivity contribution in [2.24, 2.45) is 5.92 Å². The van der Waals surface area contributed by atoms with E-state index in [-0.39, 0.29) is 30.5 Å². The summed E-state index contributed by atoms with van der Waals surface area (Å²) in [6, 6.07) is 7.75. The number of hydrogen-bond donors (Lipinski definition) is 2. The van der Waals surface area contributed by atoms with E-state index in [0.717, 1.165) is 12.1 Å². The van der Waals surface area contributed by atoms with Gasteiger partial charge in [-0.15, -0.1) is 0 Å². The number of amides is 3. The molecule has 1 saturated heterocycles. The van der Waals surface area contributed by atoms with Crippen LogP contribution in [0.25, 0.3) is 0 Å². The zero-order valence-electron chi connectivity index (χ0n) is 15.8. The third-order valence-corrected chi connectivity index (χ3v) is 4.48.